The first-order valence-corrected chi connectivity index (χ1v) is 6.71. The molecule has 1 saturated heterocycles. The van der Waals surface area contributed by atoms with Gasteiger partial charge in [-0.1, -0.05) is 0 Å². The van der Waals surface area contributed by atoms with Gasteiger partial charge >= 0.3 is 6.61 Å². The minimum atomic E-state index is -3.09. The lowest BCUT2D eigenvalue weighted by Crippen LogP contribution is -2.54. The Hall–Kier alpha value is -1.47. The van der Waals surface area contributed by atoms with Crippen molar-refractivity contribution >= 4 is 24.0 Å². The monoisotopic (exact) mass is 338 g/mol. The van der Waals surface area contributed by atoms with Crippen molar-refractivity contribution in [2.75, 3.05) is 11.9 Å². The number of benzene rings is 1. The molecule has 1 aromatic carbocycles. The average Bonchev–Trinajstić information content (AvgIpc) is 2.42. The molecule has 1 aromatic rings. The highest BCUT2D eigenvalue weighted by Crippen LogP contribution is 2.25. The van der Waals surface area contributed by atoms with E-state index in [1.54, 1.807) is 6.92 Å². The van der Waals surface area contributed by atoms with Gasteiger partial charge in [-0.2, -0.15) is 8.78 Å². The summed E-state index contributed by atoms with van der Waals surface area (Å²) in [7, 11) is 0. The van der Waals surface area contributed by atoms with Crippen molar-refractivity contribution in [2.45, 2.75) is 38.3 Å². The Morgan fingerprint density at radius 3 is 2.68 bits per heavy atom. The largest absolute Gasteiger partial charge is 0.432 e. The van der Waals surface area contributed by atoms with Crippen LogP contribution in [0.25, 0.3) is 0 Å². The lowest BCUT2D eigenvalue weighted by molar-refractivity contribution is -0.122. The van der Waals surface area contributed by atoms with E-state index in [1.807, 2.05) is 0 Å². The van der Waals surface area contributed by atoms with Crippen LogP contribution in [0.5, 0.6) is 5.75 Å². The summed E-state index contributed by atoms with van der Waals surface area (Å²) in [4.78, 5) is 12.2. The van der Waals surface area contributed by atoms with Gasteiger partial charge < -0.3 is 15.4 Å². The van der Waals surface area contributed by atoms with Gasteiger partial charge in [-0.05, 0) is 44.9 Å². The van der Waals surface area contributed by atoms with Crippen LogP contribution in [-0.2, 0) is 4.79 Å². The maximum absolute atomic E-state index is 13.6. The van der Waals surface area contributed by atoms with E-state index in [0.717, 1.165) is 31.5 Å². The minimum Gasteiger partial charge on any atom is -0.432 e. The first-order valence-electron chi connectivity index (χ1n) is 6.71. The highest BCUT2D eigenvalue weighted by atomic mass is 35.5. The molecule has 1 fully saturated rings. The third kappa shape index (κ3) is 4.51. The Balaban J connectivity index is 0.00000242. The van der Waals surface area contributed by atoms with Crippen LogP contribution >= 0.6 is 12.4 Å². The summed E-state index contributed by atoms with van der Waals surface area (Å²) in [5.74, 6) is -1.77. The molecule has 0 spiro atoms. The smallest absolute Gasteiger partial charge is 0.387 e. The number of piperidine rings is 1. The molecule has 1 aliphatic heterocycles. The molecule has 8 heteroatoms. The molecule has 22 heavy (non-hydrogen) atoms. The summed E-state index contributed by atoms with van der Waals surface area (Å²) >= 11 is 0. The second-order valence-corrected chi connectivity index (χ2v) is 5.19. The third-order valence-electron chi connectivity index (χ3n) is 3.53. The SMILES string of the molecule is CC1(C(=O)Nc2ccc(OC(F)F)c(F)c2)CCCCN1.Cl. The van der Waals surface area contributed by atoms with Gasteiger partial charge in [0.05, 0.1) is 5.54 Å². The predicted octanol–water partition coefficient (Wildman–Crippen LogP) is 3.32. The first-order chi connectivity index (χ1) is 9.90. The lowest BCUT2D eigenvalue weighted by Gasteiger charge is -2.33. The zero-order valence-electron chi connectivity index (χ0n) is 12.0. The van der Waals surface area contributed by atoms with Crippen LogP contribution in [0.1, 0.15) is 26.2 Å². The predicted molar refractivity (Wildman–Crippen MR) is 79.2 cm³/mol. The van der Waals surface area contributed by atoms with Crippen LogP contribution in [0.3, 0.4) is 0 Å². The quantitative estimate of drug-likeness (QED) is 0.885. The molecule has 4 nitrogen and oxygen atoms in total. The van der Waals surface area contributed by atoms with Crippen LogP contribution in [0.4, 0.5) is 18.9 Å². The van der Waals surface area contributed by atoms with Crippen molar-refractivity contribution in [3.63, 3.8) is 0 Å². The normalized spacial score (nSPS) is 21.1. The van der Waals surface area contributed by atoms with E-state index in [-0.39, 0.29) is 24.0 Å². The zero-order valence-corrected chi connectivity index (χ0v) is 12.8. The molecule has 1 atom stereocenters. The van der Waals surface area contributed by atoms with Crippen molar-refractivity contribution in [3.8, 4) is 5.75 Å². The number of halogens is 4. The molecule has 0 saturated carbocycles. The van der Waals surface area contributed by atoms with Gasteiger partial charge in [0, 0.05) is 11.8 Å². The summed E-state index contributed by atoms with van der Waals surface area (Å²) < 4.78 is 41.7. The Morgan fingerprint density at radius 1 is 1.41 bits per heavy atom. The van der Waals surface area contributed by atoms with Crippen molar-refractivity contribution in [3.05, 3.63) is 24.0 Å². The van der Waals surface area contributed by atoms with Gasteiger partial charge in [0.15, 0.2) is 11.6 Å². The van der Waals surface area contributed by atoms with E-state index in [1.165, 1.54) is 6.07 Å². The maximum Gasteiger partial charge on any atom is 0.387 e. The van der Waals surface area contributed by atoms with Crippen LogP contribution in [-0.4, -0.2) is 24.6 Å². The second kappa shape index (κ2) is 7.69. The molecule has 1 aliphatic rings. The molecule has 1 amide bonds. The Bertz CT molecular complexity index is 523. The molecule has 0 aromatic heterocycles. The Kier molecular flexibility index (Phi) is 6.49. The topological polar surface area (TPSA) is 50.4 Å². The summed E-state index contributed by atoms with van der Waals surface area (Å²) in [5, 5.41) is 5.73. The number of anilines is 1. The van der Waals surface area contributed by atoms with Crippen molar-refractivity contribution < 1.29 is 22.7 Å². The minimum absolute atomic E-state index is 0. The fourth-order valence-corrected chi connectivity index (χ4v) is 2.29. The molecule has 1 unspecified atom stereocenters. The fraction of sp³-hybridized carbons (Fsp3) is 0.500. The maximum atomic E-state index is 13.6. The molecule has 0 radical (unpaired) electrons. The number of rotatable bonds is 4. The average molecular weight is 339 g/mol. The number of nitrogens with one attached hydrogen (secondary N) is 2. The van der Waals surface area contributed by atoms with E-state index in [4.69, 9.17) is 0 Å². The standard InChI is InChI=1S/C14H17F3N2O2.ClH/c1-14(6-2-3-7-18-14)12(20)19-9-4-5-11(10(15)8-9)21-13(16)17;/h4-5,8,13,18H,2-3,6-7H2,1H3,(H,19,20);1H. The first kappa shape index (κ1) is 18.6. The Morgan fingerprint density at radius 2 is 2.14 bits per heavy atom. The van der Waals surface area contributed by atoms with Crippen molar-refractivity contribution in [2.24, 2.45) is 0 Å². The molecule has 2 N–H and O–H groups in total. The zero-order chi connectivity index (χ0) is 15.5. The number of carbonyl (C=O) groups excluding carboxylic acids is 1. The highest BCUT2D eigenvalue weighted by molar-refractivity contribution is 5.97. The van der Waals surface area contributed by atoms with Crippen LogP contribution in [0.2, 0.25) is 0 Å². The van der Waals surface area contributed by atoms with Gasteiger partial charge in [0.1, 0.15) is 0 Å². The molecular formula is C14H18ClF3N2O2. The number of carbonyl (C=O) groups is 1. The second-order valence-electron chi connectivity index (χ2n) is 5.19. The van der Waals surface area contributed by atoms with Crippen LogP contribution in [0, 0.1) is 5.82 Å². The Labute approximate surface area is 132 Å². The number of hydrogen-bond acceptors (Lipinski definition) is 3. The van der Waals surface area contributed by atoms with E-state index in [9.17, 15) is 18.0 Å². The van der Waals surface area contributed by atoms with E-state index >= 15 is 0 Å². The van der Waals surface area contributed by atoms with Crippen LogP contribution in [0.15, 0.2) is 18.2 Å². The van der Waals surface area contributed by atoms with E-state index in [2.05, 4.69) is 15.4 Å². The van der Waals surface area contributed by atoms with Gasteiger partial charge in [-0.15, -0.1) is 12.4 Å². The number of alkyl halides is 2. The molecular weight excluding hydrogens is 321 g/mol. The van der Waals surface area contributed by atoms with Crippen molar-refractivity contribution in [1.82, 2.24) is 5.32 Å². The number of amides is 1. The summed E-state index contributed by atoms with van der Waals surface area (Å²) in [6.45, 7) is -0.559. The van der Waals surface area contributed by atoms with Crippen molar-refractivity contribution in [1.29, 1.82) is 0 Å². The lowest BCUT2D eigenvalue weighted by atomic mass is 9.90. The molecule has 2 rings (SSSR count). The van der Waals surface area contributed by atoms with E-state index in [0.29, 0.717) is 6.42 Å². The molecule has 1 heterocycles. The van der Waals surface area contributed by atoms with Gasteiger partial charge in [-0.25, -0.2) is 4.39 Å². The molecule has 0 aliphatic carbocycles. The van der Waals surface area contributed by atoms with Gasteiger partial charge in [-0.3, -0.25) is 4.79 Å². The molecule has 124 valence electrons. The van der Waals surface area contributed by atoms with Gasteiger partial charge in [0.25, 0.3) is 0 Å². The molecule has 0 bridgehead atoms. The number of hydrogen-bond donors (Lipinski definition) is 2. The van der Waals surface area contributed by atoms with Gasteiger partial charge in [0.2, 0.25) is 5.91 Å². The fourth-order valence-electron chi connectivity index (χ4n) is 2.29. The number of ether oxygens (including phenoxy) is 1. The van der Waals surface area contributed by atoms with Crippen LogP contribution < -0.4 is 15.4 Å². The summed E-state index contributed by atoms with van der Waals surface area (Å²) in [5.41, 5.74) is -0.500. The van der Waals surface area contributed by atoms with E-state index < -0.39 is 23.7 Å². The summed E-state index contributed by atoms with van der Waals surface area (Å²) in [6.07, 6.45) is 2.64. The third-order valence-corrected chi connectivity index (χ3v) is 3.53. The highest BCUT2D eigenvalue weighted by Gasteiger charge is 2.34. The summed E-state index contributed by atoms with van der Waals surface area (Å²) in [6, 6.07) is 3.35.